The van der Waals surface area contributed by atoms with E-state index in [1.54, 1.807) is 0 Å². The maximum absolute atomic E-state index is 12.9. The molecule has 0 aromatic heterocycles. The van der Waals surface area contributed by atoms with Crippen LogP contribution in [-0.2, 0) is 14.6 Å². The number of hydrogen-bond acceptors (Lipinski definition) is 5. The van der Waals surface area contributed by atoms with E-state index in [-0.39, 0.29) is 24.2 Å². The van der Waals surface area contributed by atoms with Crippen LogP contribution in [0.5, 0.6) is 5.75 Å². The van der Waals surface area contributed by atoms with Gasteiger partial charge in [0.1, 0.15) is 11.6 Å². The Bertz CT molecular complexity index is 739. The Balaban J connectivity index is 1.39. The quantitative estimate of drug-likeness (QED) is 0.728. The molecule has 2 aliphatic rings. The highest BCUT2D eigenvalue weighted by molar-refractivity contribution is 7.91. The summed E-state index contributed by atoms with van der Waals surface area (Å²) < 4.78 is 41.5. The average Bonchev–Trinajstić information content (AvgIpc) is 2.84. The molecule has 1 unspecified atom stereocenters. The lowest BCUT2D eigenvalue weighted by Crippen LogP contribution is -2.38. The van der Waals surface area contributed by atoms with Crippen LogP contribution in [0.3, 0.4) is 0 Å². The molecule has 0 spiro atoms. The number of nitrogens with zero attached hydrogens (tertiary/aromatic N) is 2. The van der Waals surface area contributed by atoms with Crippen molar-refractivity contribution in [1.29, 1.82) is 0 Å². The first-order valence-electron chi connectivity index (χ1n) is 9.50. The number of benzene rings is 1. The van der Waals surface area contributed by atoms with Gasteiger partial charge in [-0.25, -0.2) is 12.8 Å². The van der Waals surface area contributed by atoms with Gasteiger partial charge in [0.05, 0.1) is 11.5 Å². The van der Waals surface area contributed by atoms with E-state index in [0.29, 0.717) is 30.3 Å². The summed E-state index contributed by atoms with van der Waals surface area (Å²) in [7, 11) is -2.81. The summed E-state index contributed by atoms with van der Waals surface area (Å²) in [6.07, 6.45) is 2.58. The van der Waals surface area contributed by atoms with Crippen molar-refractivity contribution in [3.05, 3.63) is 30.1 Å². The van der Waals surface area contributed by atoms with Gasteiger partial charge in [0.2, 0.25) is 0 Å². The Morgan fingerprint density at radius 3 is 2.63 bits per heavy atom. The SMILES string of the molecule is O=C(COc1ccc(F)cc1)N1CCCN(CCC2CCS(=O)(=O)C2)CC1. The predicted molar refractivity (Wildman–Crippen MR) is 101 cm³/mol. The molecule has 150 valence electrons. The molecule has 1 aromatic rings. The summed E-state index contributed by atoms with van der Waals surface area (Å²) in [4.78, 5) is 16.5. The Kier molecular flexibility index (Phi) is 6.70. The van der Waals surface area contributed by atoms with Crippen LogP contribution < -0.4 is 4.74 Å². The van der Waals surface area contributed by atoms with Gasteiger partial charge >= 0.3 is 0 Å². The van der Waals surface area contributed by atoms with Crippen LogP contribution in [0.4, 0.5) is 4.39 Å². The number of carbonyl (C=O) groups is 1. The van der Waals surface area contributed by atoms with Gasteiger partial charge in [-0.2, -0.15) is 0 Å². The van der Waals surface area contributed by atoms with Gasteiger partial charge in [-0.15, -0.1) is 0 Å². The molecular weight excluding hydrogens is 371 g/mol. The van der Waals surface area contributed by atoms with Gasteiger partial charge in [0, 0.05) is 19.6 Å². The molecule has 0 radical (unpaired) electrons. The first kappa shape index (κ1) is 20.1. The monoisotopic (exact) mass is 398 g/mol. The Morgan fingerprint density at radius 1 is 1.15 bits per heavy atom. The number of sulfone groups is 1. The number of ether oxygens (including phenoxy) is 1. The smallest absolute Gasteiger partial charge is 0.260 e. The summed E-state index contributed by atoms with van der Waals surface area (Å²) >= 11 is 0. The van der Waals surface area contributed by atoms with E-state index >= 15 is 0 Å². The number of rotatable bonds is 6. The van der Waals surface area contributed by atoms with E-state index in [4.69, 9.17) is 4.74 Å². The van der Waals surface area contributed by atoms with Crippen LogP contribution >= 0.6 is 0 Å². The Labute approximate surface area is 160 Å². The van der Waals surface area contributed by atoms with Crippen LogP contribution in [0.25, 0.3) is 0 Å². The fraction of sp³-hybridized carbons (Fsp3) is 0.632. The highest BCUT2D eigenvalue weighted by atomic mass is 32.2. The third-order valence-electron chi connectivity index (χ3n) is 5.30. The second-order valence-corrected chi connectivity index (χ2v) is 9.61. The first-order chi connectivity index (χ1) is 12.9. The first-order valence-corrected chi connectivity index (χ1v) is 11.3. The van der Waals surface area contributed by atoms with Crippen LogP contribution in [0, 0.1) is 11.7 Å². The normalized spacial score (nSPS) is 23.1. The highest BCUT2D eigenvalue weighted by Gasteiger charge is 2.28. The second-order valence-electron chi connectivity index (χ2n) is 7.38. The molecule has 27 heavy (non-hydrogen) atoms. The van der Waals surface area contributed by atoms with Crippen LogP contribution in [-0.4, -0.2) is 75.0 Å². The summed E-state index contributed by atoms with van der Waals surface area (Å²) in [6, 6.07) is 5.63. The van der Waals surface area contributed by atoms with Gasteiger partial charge < -0.3 is 14.5 Å². The molecule has 3 rings (SSSR count). The van der Waals surface area contributed by atoms with Gasteiger partial charge in [-0.3, -0.25) is 4.79 Å². The lowest BCUT2D eigenvalue weighted by Gasteiger charge is -2.23. The molecule has 0 aliphatic carbocycles. The van der Waals surface area contributed by atoms with Gasteiger partial charge in [-0.05, 0) is 62.5 Å². The maximum Gasteiger partial charge on any atom is 0.260 e. The highest BCUT2D eigenvalue weighted by Crippen LogP contribution is 2.22. The fourth-order valence-electron chi connectivity index (χ4n) is 3.68. The van der Waals surface area contributed by atoms with E-state index in [1.807, 2.05) is 4.90 Å². The van der Waals surface area contributed by atoms with E-state index in [2.05, 4.69) is 4.90 Å². The molecule has 1 atom stereocenters. The molecule has 2 heterocycles. The van der Waals surface area contributed by atoms with E-state index in [0.717, 1.165) is 38.9 Å². The van der Waals surface area contributed by atoms with Crippen LogP contribution in [0.2, 0.25) is 0 Å². The fourth-order valence-corrected chi connectivity index (χ4v) is 5.59. The third-order valence-corrected chi connectivity index (χ3v) is 7.13. The van der Waals surface area contributed by atoms with Crippen molar-refractivity contribution >= 4 is 15.7 Å². The number of amides is 1. The van der Waals surface area contributed by atoms with Gasteiger partial charge in [0.25, 0.3) is 5.91 Å². The van der Waals surface area contributed by atoms with Crippen molar-refractivity contribution < 1.29 is 22.3 Å². The summed E-state index contributed by atoms with van der Waals surface area (Å²) in [5.74, 6) is 1.01. The number of carbonyl (C=O) groups excluding carboxylic acids is 1. The minimum Gasteiger partial charge on any atom is -0.484 e. The topological polar surface area (TPSA) is 66.9 Å². The molecule has 2 fully saturated rings. The van der Waals surface area contributed by atoms with Crippen LogP contribution in [0.15, 0.2) is 24.3 Å². The second kappa shape index (κ2) is 9.01. The largest absolute Gasteiger partial charge is 0.484 e. The van der Waals surface area contributed by atoms with E-state index in [1.165, 1.54) is 24.3 Å². The molecule has 0 saturated carbocycles. The summed E-state index contributed by atoms with van der Waals surface area (Å²) in [5, 5.41) is 0. The molecule has 8 heteroatoms. The van der Waals surface area contributed by atoms with Gasteiger partial charge in [-0.1, -0.05) is 0 Å². The standard InChI is InChI=1S/C19H27FN2O4S/c20-17-2-4-18(5-3-17)26-14-19(23)22-9-1-8-21(11-12-22)10-6-16-7-13-27(24,25)15-16/h2-5,16H,1,6-15H2. The maximum atomic E-state index is 12.9. The third kappa shape index (κ3) is 6.17. The number of halogens is 1. The van der Waals surface area contributed by atoms with E-state index in [9.17, 15) is 17.6 Å². The summed E-state index contributed by atoms with van der Waals surface area (Å²) in [5.41, 5.74) is 0. The molecule has 1 aromatic carbocycles. The van der Waals surface area contributed by atoms with Crippen molar-refractivity contribution in [2.75, 3.05) is 50.8 Å². The van der Waals surface area contributed by atoms with Gasteiger partial charge in [0.15, 0.2) is 16.4 Å². The van der Waals surface area contributed by atoms with Crippen molar-refractivity contribution in [3.63, 3.8) is 0 Å². The van der Waals surface area contributed by atoms with Crippen molar-refractivity contribution in [2.45, 2.75) is 19.3 Å². The average molecular weight is 399 g/mol. The van der Waals surface area contributed by atoms with Crippen molar-refractivity contribution in [1.82, 2.24) is 9.80 Å². The minimum atomic E-state index is -2.81. The molecule has 6 nitrogen and oxygen atoms in total. The zero-order chi connectivity index (χ0) is 19.3. The lowest BCUT2D eigenvalue weighted by molar-refractivity contribution is -0.133. The molecule has 0 bridgehead atoms. The summed E-state index contributed by atoms with van der Waals surface area (Å²) in [6.45, 7) is 3.89. The van der Waals surface area contributed by atoms with Crippen molar-refractivity contribution in [3.8, 4) is 5.75 Å². The van der Waals surface area contributed by atoms with Crippen LogP contribution in [0.1, 0.15) is 19.3 Å². The lowest BCUT2D eigenvalue weighted by atomic mass is 10.1. The molecular formula is C19H27FN2O4S. The molecule has 2 saturated heterocycles. The zero-order valence-electron chi connectivity index (χ0n) is 15.5. The molecule has 1 amide bonds. The zero-order valence-corrected chi connectivity index (χ0v) is 16.3. The van der Waals surface area contributed by atoms with Crippen molar-refractivity contribution in [2.24, 2.45) is 5.92 Å². The van der Waals surface area contributed by atoms with E-state index < -0.39 is 9.84 Å². The predicted octanol–water partition coefficient (Wildman–Crippen LogP) is 1.56. The molecule has 2 aliphatic heterocycles. The number of hydrogen-bond donors (Lipinski definition) is 0. The minimum absolute atomic E-state index is 0.0500. The molecule has 0 N–H and O–H groups in total. The Morgan fingerprint density at radius 2 is 1.93 bits per heavy atom. The Hall–Kier alpha value is -1.67.